The van der Waals surface area contributed by atoms with Crippen molar-refractivity contribution in [3.05, 3.63) is 24.3 Å². The van der Waals surface area contributed by atoms with Crippen molar-refractivity contribution < 1.29 is 14.3 Å². The minimum Gasteiger partial charge on any atom is -0.497 e. The summed E-state index contributed by atoms with van der Waals surface area (Å²) in [7, 11) is 1.64. The van der Waals surface area contributed by atoms with Crippen LogP contribution in [0.4, 0.5) is 0 Å². The largest absolute Gasteiger partial charge is 0.497 e. The molecule has 0 bridgehead atoms. The molecule has 0 aromatic heterocycles. The molecule has 3 nitrogen and oxygen atoms in total. The van der Waals surface area contributed by atoms with Crippen LogP contribution in [-0.2, 0) is 4.79 Å². The predicted octanol–water partition coefficient (Wildman–Crippen LogP) is 3.47. The third kappa shape index (κ3) is 3.98. The summed E-state index contributed by atoms with van der Waals surface area (Å²) < 4.78 is 10.8. The van der Waals surface area contributed by atoms with Crippen molar-refractivity contribution in [3.8, 4) is 11.5 Å². The first kappa shape index (κ1) is 13.9. The highest BCUT2D eigenvalue weighted by Crippen LogP contribution is 2.28. The molecule has 2 unspecified atom stereocenters. The summed E-state index contributed by atoms with van der Waals surface area (Å²) in [4.78, 5) is 11.8. The topological polar surface area (TPSA) is 35.5 Å². The summed E-state index contributed by atoms with van der Waals surface area (Å²) in [6.07, 6.45) is 3.64. The van der Waals surface area contributed by atoms with Crippen LogP contribution < -0.4 is 9.47 Å². The second kappa shape index (κ2) is 6.60. The van der Waals surface area contributed by atoms with Gasteiger partial charge in [-0.05, 0) is 49.4 Å². The molecule has 2 atom stereocenters. The molecule has 2 rings (SSSR count). The van der Waals surface area contributed by atoms with Crippen molar-refractivity contribution in [1.29, 1.82) is 0 Å². The average molecular weight is 262 g/mol. The van der Waals surface area contributed by atoms with Crippen LogP contribution in [0.2, 0.25) is 0 Å². The van der Waals surface area contributed by atoms with Crippen molar-refractivity contribution in [3.63, 3.8) is 0 Å². The number of hydrogen-bond acceptors (Lipinski definition) is 3. The quantitative estimate of drug-likeness (QED) is 0.815. The van der Waals surface area contributed by atoms with Crippen LogP contribution in [-0.4, -0.2) is 19.5 Å². The molecule has 0 aliphatic heterocycles. The van der Waals surface area contributed by atoms with Gasteiger partial charge < -0.3 is 9.47 Å². The number of ketones is 1. The van der Waals surface area contributed by atoms with E-state index < -0.39 is 0 Å². The minimum atomic E-state index is 0.196. The van der Waals surface area contributed by atoms with Crippen LogP contribution in [0.3, 0.4) is 0 Å². The smallest absolute Gasteiger partial charge is 0.136 e. The zero-order chi connectivity index (χ0) is 13.7. The van der Waals surface area contributed by atoms with Gasteiger partial charge in [-0.3, -0.25) is 4.79 Å². The first-order valence-corrected chi connectivity index (χ1v) is 6.98. The summed E-state index contributed by atoms with van der Waals surface area (Å²) >= 11 is 0. The van der Waals surface area contributed by atoms with E-state index in [9.17, 15) is 4.79 Å². The van der Waals surface area contributed by atoms with Gasteiger partial charge in [-0.15, -0.1) is 0 Å². The average Bonchev–Trinajstić information content (AvgIpc) is 2.43. The Morgan fingerprint density at radius 2 is 1.89 bits per heavy atom. The van der Waals surface area contributed by atoms with E-state index in [1.165, 1.54) is 0 Å². The van der Waals surface area contributed by atoms with Gasteiger partial charge in [-0.25, -0.2) is 0 Å². The second-order valence-electron chi connectivity index (χ2n) is 5.36. The Bertz CT molecular complexity index is 411. The monoisotopic (exact) mass is 262 g/mol. The van der Waals surface area contributed by atoms with Crippen LogP contribution in [0.25, 0.3) is 0 Å². The Morgan fingerprint density at radius 1 is 1.21 bits per heavy atom. The molecule has 0 saturated heterocycles. The van der Waals surface area contributed by atoms with E-state index in [-0.39, 0.29) is 5.92 Å². The molecule has 1 aliphatic rings. The molecule has 0 spiro atoms. The minimum absolute atomic E-state index is 0.196. The maximum atomic E-state index is 11.8. The number of rotatable bonds is 5. The van der Waals surface area contributed by atoms with Gasteiger partial charge in [0.2, 0.25) is 0 Å². The lowest BCUT2D eigenvalue weighted by Gasteiger charge is -2.25. The van der Waals surface area contributed by atoms with Gasteiger partial charge in [0.25, 0.3) is 0 Å². The van der Waals surface area contributed by atoms with Crippen LogP contribution in [0.15, 0.2) is 24.3 Å². The molecule has 104 valence electrons. The first-order valence-electron chi connectivity index (χ1n) is 6.98. The summed E-state index contributed by atoms with van der Waals surface area (Å²) in [5.41, 5.74) is 0. The van der Waals surface area contributed by atoms with Crippen molar-refractivity contribution in [2.24, 2.45) is 11.8 Å². The Morgan fingerprint density at radius 3 is 2.58 bits per heavy atom. The highest BCUT2D eigenvalue weighted by atomic mass is 16.5. The lowest BCUT2D eigenvalue weighted by molar-refractivity contribution is -0.125. The Balaban J connectivity index is 1.77. The zero-order valence-corrected chi connectivity index (χ0v) is 11.7. The Kier molecular flexibility index (Phi) is 4.83. The van der Waals surface area contributed by atoms with Crippen LogP contribution in [0, 0.1) is 11.8 Å². The van der Waals surface area contributed by atoms with E-state index in [0.29, 0.717) is 18.3 Å². The zero-order valence-electron chi connectivity index (χ0n) is 11.7. The number of ether oxygens (including phenoxy) is 2. The van der Waals surface area contributed by atoms with E-state index >= 15 is 0 Å². The van der Waals surface area contributed by atoms with E-state index in [2.05, 4.69) is 6.92 Å². The van der Waals surface area contributed by atoms with Gasteiger partial charge in [-0.2, -0.15) is 0 Å². The van der Waals surface area contributed by atoms with Gasteiger partial charge in [-0.1, -0.05) is 6.92 Å². The van der Waals surface area contributed by atoms with Crippen molar-refractivity contribution in [1.82, 2.24) is 0 Å². The van der Waals surface area contributed by atoms with Gasteiger partial charge >= 0.3 is 0 Å². The summed E-state index contributed by atoms with van der Waals surface area (Å²) in [5, 5.41) is 0. The maximum Gasteiger partial charge on any atom is 0.136 e. The van der Waals surface area contributed by atoms with Crippen LogP contribution >= 0.6 is 0 Å². The Labute approximate surface area is 114 Å². The third-order valence-electron chi connectivity index (χ3n) is 3.82. The Hall–Kier alpha value is -1.51. The standard InChI is InChI=1S/C16H22O3/c1-12-3-8-16(17)13(11-12)9-10-19-15-6-4-14(18-2)5-7-15/h4-7,12-13H,3,8-11H2,1-2H3. The SMILES string of the molecule is COc1ccc(OCCC2CC(C)CCC2=O)cc1. The number of carbonyl (C=O) groups excluding carboxylic acids is 1. The molecule has 0 heterocycles. The molecular weight excluding hydrogens is 240 g/mol. The van der Waals surface area contributed by atoms with Crippen LogP contribution in [0.1, 0.15) is 32.6 Å². The fourth-order valence-electron chi connectivity index (χ4n) is 2.60. The van der Waals surface area contributed by atoms with E-state index in [4.69, 9.17) is 9.47 Å². The normalized spacial score (nSPS) is 23.2. The molecular formula is C16H22O3. The highest BCUT2D eigenvalue weighted by molar-refractivity contribution is 5.81. The molecule has 1 aliphatic carbocycles. The van der Waals surface area contributed by atoms with E-state index in [1.54, 1.807) is 7.11 Å². The maximum absolute atomic E-state index is 11.8. The first-order chi connectivity index (χ1) is 9.19. The second-order valence-corrected chi connectivity index (χ2v) is 5.36. The van der Waals surface area contributed by atoms with Gasteiger partial charge in [0.1, 0.15) is 17.3 Å². The van der Waals surface area contributed by atoms with Crippen molar-refractivity contribution >= 4 is 5.78 Å². The number of methoxy groups -OCH3 is 1. The molecule has 1 saturated carbocycles. The molecule has 1 aromatic carbocycles. The van der Waals surface area contributed by atoms with E-state index in [0.717, 1.165) is 37.2 Å². The van der Waals surface area contributed by atoms with Crippen molar-refractivity contribution in [2.75, 3.05) is 13.7 Å². The van der Waals surface area contributed by atoms with Gasteiger partial charge in [0.05, 0.1) is 13.7 Å². The lowest BCUT2D eigenvalue weighted by atomic mass is 9.80. The molecule has 0 N–H and O–H groups in total. The number of carbonyl (C=O) groups is 1. The number of benzene rings is 1. The summed E-state index contributed by atoms with van der Waals surface area (Å²) in [5.74, 6) is 2.93. The summed E-state index contributed by atoms with van der Waals surface area (Å²) in [6, 6.07) is 7.54. The molecule has 0 amide bonds. The highest BCUT2D eigenvalue weighted by Gasteiger charge is 2.25. The van der Waals surface area contributed by atoms with Gasteiger partial charge in [0, 0.05) is 12.3 Å². The fraction of sp³-hybridized carbons (Fsp3) is 0.562. The third-order valence-corrected chi connectivity index (χ3v) is 3.82. The molecule has 1 aromatic rings. The van der Waals surface area contributed by atoms with Crippen LogP contribution in [0.5, 0.6) is 11.5 Å². The molecule has 19 heavy (non-hydrogen) atoms. The van der Waals surface area contributed by atoms with E-state index in [1.807, 2.05) is 24.3 Å². The molecule has 0 radical (unpaired) electrons. The molecule has 3 heteroatoms. The lowest BCUT2D eigenvalue weighted by Crippen LogP contribution is -2.25. The molecule has 1 fully saturated rings. The van der Waals surface area contributed by atoms with Crippen molar-refractivity contribution in [2.45, 2.75) is 32.6 Å². The number of Topliss-reactive ketones (excluding diaryl/α,β-unsaturated/α-hetero) is 1. The fourth-order valence-corrected chi connectivity index (χ4v) is 2.60. The summed E-state index contributed by atoms with van der Waals surface area (Å²) in [6.45, 7) is 2.83. The number of hydrogen-bond donors (Lipinski definition) is 0. The predicted molar refractivity (Wildman–Crippen MR) is 74.6 cm³/mol. The van der Waals surface area contributed by atoms with Gasteiger partial charge in [0.15, 0.2) is 0 Å².